The number of rotatable bonds is 4. The first-order chi connectivity index (χ1) is 14.3. The number of ether oxygens (including phenoxy) is 2. The number of nitrogens with one attached hydrogen (secondary N) is 1. The highest BCUT2D eigenvalue weighted by molar-refractivity contribution is 6.11. The van der Waals surface area contributed by atoms with Crippen molar-refractivity contribution in [1.82, 2.24) is 19.7 Å². The second kappa shape index (κ2) is 7.33. The van der Waals surface area contributed by atoms with Crippen molar-refractivity contribution in [3.63, 3.8) is 0 Å². The average molecular weight is 390 g/mol. The zero-order chi connectivity index (χ0) is 19.8. The van der Waals surface area contributed by atoms with Crippen molar-refractivity contribution in [2.75, 3.05) is 20.3 Å². The van der Waals surface area contributed by atoms with Crippen LogP contribution in [0.1, 0.15) is 34.9 Å². The topological polar surface area (TPSA) is 82.0 Å². The van der Waals surface area contributed by atoms with Gasteiger partial charge in [-0.1, -0.05) is 30.3 Å². The van der Waals surface area contributed by atoms with E-state index in [0.29, 0.717) is 17.1 Å². The molecule has 7 heteroatoms. The van der Waals surface area contributed by atoms with Crippen LogP contribution in [-0.4, -0.2) is 46.0 Å². The van der Waals surface area contributed by atoms with Crippen molar-refractivity contribution in [2.45, 2.75) is 18.9 Å². The molecule has 4 heterocycles. The Morgan fingerprint density at radius 2 is 1.97 bits per heavy atom. The van der Waals surface area contributed by atoms with E-state index in [1.807, 2.05) is 18.2 Å². The van der Waals surface area contributed by atoms with Crippen molar-refractivity contribution in [3.8, 4) is 0 Å². The Kier molecular flexibility index (Phi) is 4.52. The monoisotopic (exact) mass is 390 g/mol. The average Bonchev–Trinajstić information content (AvgIpc) is 3.35. The predicted molar refractivity (Wildman–Crippen MR) is 109 cm³/mol. The summed E-state index contributed by atoms with van der Waals surface area (Å²) in [6, 6.07) is 14.4. The Hall–Kier alpha value is -3.19. The summed E-state index contributed by atoms with van der Waals surface area (Å²) in [5, 5.41) is 7.30. The molecule has 1 atom stereocenters. The molecule has 0 amide bonds. The van der Waals surface area contributed by atoms with E-state index in [1.54, 1.807) is 6.20 Å². The molecule has 3 aromatic heterocycles. The zero-order valence-corrected chi connectivity index (χ0v) is 16.2. The summed E-state index contributed by atoms with van der Waals surface area (Å²) in [5.41, 5.74) is 4.72. The number of nitrogens with zero attached hydrogens (tertiary/aromatic N) is 3. The normalized spacial score (nSPS) is 16.3. The fourth-order valence-corrected chi connectivity index (χ4v) is 4.48. The van der Waals surface area contributed by atoms with Gasteiger partial charge < -0.3 is 14.0 Å². The van der Waals surface area contributed by atoms with Crippen LogP contribution >= 0.6 is 0 Å². The summed E-state index contributed by atoms with van der Waals surface area (Å²) < 4.78 is 12.9. The Morgan fingerprint density at radius 3 is 2.72 bits per heavy atom. The number of pyridine rings is 1. The van der Waals surface area contributed by atoms with Crippen molar-refractivity contribution in [1.29, 1.82) is 0 Å². The van der Waals surface area contributed by atoms with Gasteiger partial charge in [-0.2, -0.15) is 5.10 Å². The summed E-state index contributed by atoms with van der Waals surface area (Å²) in [6.07, 6.45) is 3.66. The van der Waals surface area contributed by atoms with Gasteiger partial charge in [-0.25, -0.2) is 4.79 Å². The maximum Gasteiger partial charge on any atom is 0.358 e. The van der Waals surface area contributed by atoms with E-state index in [-0.39, 0.29) is 6.04 Å². The molecule has 1 aliphatic rings. The summed E-state index contributed by atoms with van der Waals surface area (Å²) in [6.45, 7) is 1.48. The summed E-state index contributed by atoms with van der Waals surface area (Å²) >= 11 is 0. The number of esters is 1. The van der Waals surface area contributed by atoms with Crippen molar-refractivity contribution in [2.24, 2.45) is 5.92 Å². The van der Waals surface area contributed by atoms with E-state index in [4.69, 9.17) is 9.47 Å². The second-order valence-corrected chi connectivity index (χ2v) is 7.33. The summed E-state index contributed by atoms with van der Waals surface area (Å²) in [5.74, 6) is -0.0686. The van der Waals surface area contributed by atoms with Crippen molar-refractivity contribution < 1.29 is 14.3 Å². The lowest BCUT2D eigenvalue weighted by Crippen LogP contribution is -2.27. The van der Waals surface area contributed by atoms with Gasteiger partial charge in [0.05, 0.1) is 18.7 Å². The van der Waals surface area contributed by atoms with Gasteiger partial charge in [-0.15, -0.1) is 0 Å². The molecular formula is C22H22N4O3. The molecule has 29 heavy (non-hydrogen) atoms. The Bertz CT molecular complexity index is 1160. The highest BCUT2D eigenvalue weighted by atomic mass is 16.5. The van der Waals surface area contributed by atoms with Crippen LogP contribution in [-0.2, 0) is 9.47 Å². The van der Waals surface area contributed by atoms with Gasteiger partial charge >= 0.3 is 5.97 Å². The molecule has 0 radical (unpaired) electrons. The lowest BCUT2D eigenvalue weighted by molar-refractivity contribution is 0.0548. The Balaban J connectivity index is 1.83. The van der Waals surface area contributed by atoms with Gasteiger partial charge in [0.25, 0.3) is 0 Å². The third-order valence-corrected chi connectivity index (χ3v) is 5.77. The molecule has 1 unspecified atom stereocenters. The van der Waals surface area contributed by atoms with E-state index < -0.39 is 5.97 Å². The molecule has 0 saturated carbocycles. The van der Waals surface area contributed by atoms with Crippen LogP contribution in [0.25, 0.3) is 22.1 Å². The molecule has 0 aliphatic carbocycles. The minimum atomic E-state index is -0.435. The SMILES string of the molecule is COC(=O)c1[nH]nc2c3ncccc3n(C(c3ccccc3)C3CCOCC3)c12. The number of fused-ring (bicyclic) bond motifs is 3. The number of carbonyl (C=O) groups is 1. The maximum absolute atomic E-state index is 12.5. The van der Waals surface area contributed by atoms with Gasteiger partial charge in [0, 0.05) is 19.4 Å². The van der Waals surface area contributed by atoms with Crippen LogP contribution < -0.4 is 0 Å². The smallest absolute Gasteiger partial charge is 0.358 e. The van der Waals surface area contributed by atoms with Crippen LogP contribution in [0.3, 0.4) is 0 Å². The number of aromatic amines is 1. The number of carbonyl (C=O) groups excluding carboxylic acids is 1. The van der Waals surface area contributed by atoms with Crippen molar-refractivity contribution >= 4 is 28.0 Å². The van der Waals surface area contributed by atoms with Gasteiger partial charge in [-0.05, 0) is 36.5 Å². The van der Waals surface area contributed by atoms with E-state index in [0.717, 1.165) is 42.6 Å². The predicted octanol–water partition coefficient (Wildman–Crippen LogP) is 3.72. The van der Waals surface area contributed by atoms with Gasteiger partial charge in [-0.3, -0.25) is 10.1 Å². The minimum Gasteiger partial charge on any atom is -0.464 e. The van der Waals surface area contributed by atoms with Gasteiger partial charge in [0.15, 0.2) is 5.69 Å². The Labute approximate surface area is 167 Å². The minimum absolute atomic E-state index is 0.0327. The van der Waals surface area contributed by atoms with Crippen LogP contribution in [0.15, 0.2) is 48.7 Å². The molecule has 4 aromatic rings. The van der Waals surface area contributed by atoms with Crippen LogP contribution in [0.5, 0.6) is 0 Å². The van der Waals surface area contributed by atoms with E-state index in [9.17, 15) is 4.79 Å². The van der Waals surface area contributed by atoms with E-state index in [2.05, 4.69) is 44.0 Å². The molecule has 1 fully saturated rings. The first-order valence-corrected chi connectivity index (χ1v) is 9.83. The molecule has 7 nitrogen and oxygen atoms in total. The fraction of sp³-hybridized carbons (Fsp3) is 0.318. The molecule has 5 rings (SSSR count). The molecular weight excluding hydrogens is 368 g/mol. The highest BCUT2D eigenvalue weighted by Crippen LogP contribution is 2.40. The third-order valence-electron chi connectivity index (χ3n) is 5.77. The zero-order valence-electron chi connectivity index (χ0n) is 16.2. The third kappa shape index (κ3) is 2.89. The fourth-order valence-electron chi connectivity index (χ4n) is 4.48. The van der Waals surface area contributed by atoms with Crippen LogP contribution in [0.4, 0.5) is 0 Å². The lowest BCUT2D eigenvalue weighted by atomic mass is 9.86. The first kappa shape index (κ1) is 17.9. The van der Waals surface area contributed by atoms with E-state index in [1.165, 1.54) is 12.7 Å². The maximum atomic E-state index is 12.5. The number of aromatic nitrogens is 4. The number of H-pyrrole nitrogens is 1. The highest BCUT2D eigenvalue weighted by Gasteiger charge is 2.32. The lowest BCUT2D eigenvalue weighted by Gasteiger charge is -2.33. The molecule has 0 bridgehead atoms. The number of methoxy groups -OCH3 is 1. The summed E-state index contributed by atoms with van der Waals surface area (Å²) in [7, 11) is 1.38. The molecule has 1 N–H and O–H groups in total. The van der Waals surface area contributed by atoms with Gasteiger partial charge in [0.1, 0.15) is 16.6 Å². The number of hydrogen-bond acceptors (Lipinski definition) is 5. The molecule has 148 valence electrons. The quantitative estimate of drug-likeness (QED) is 0.537. The molecule has 1 aliphatic heterocycles. The first-order valence-electron chi connectivity index (χ1n) is 9.83. The number of hydrogen-bond donors (Lipinski definition) is 1. The molecule has 1 saturated heterocycles. The summed E-state index contributed by atoms with van der Waals surface area (Å²) in [4.78, 5) is 17.1. The van der Waals surface area contributed by atoms with E-state index >= 15 is 0 Å². The number of benzene rings is 1. The van der Waals surface area contributed by atoms with Crippen molar-refractivity contribution in [3.05, 3.63) is 59.9 Å². The molecule has 1 aromatic carbocycles. The van der Waals surface area contributed by atoms with Gasteiger partial charge in [0.2, 0.25) is 0 Å². The van der Waals surface area contributed by atoms with Crippen LogP contribution in [0.2, 0.25) is 0 Å². The van der Waals surface area contributed by atoms with Crippen LogP contribution in [0, 0.1) is 5.92 Å². The largest absolute Gasteiger partial charge is 0.464 e. The standard InChI is InChI=1S/C22H22N4O3/c1-28-22(27)19-21-18(24-25-19)17-16(8-5-11-23-17)26(21)20(14-6-3-2-4-7-14)15-9-12-29-13-10-15/h2-8,11,15,20H,9-10,12-13H2,1H3,(H,24,25). The molecule has 0 spiro atoms. The Morgan fingerprint density at radius 1 is 1.17 bits per heavy atom. The second-order valence-electron chi connectivity index (χ2n) is 7.33.